The van der Waals surface area contributed by atoms with Crippen LogP contribution in [-0.2, 0) is 24.3 Å². The number of hydrogen-bond donors (Lipinski definition) is 2. The molecule has 0 fully saturated rings. The average molecular weight is 366 g/mol. The number of aromatic nitrogens is 3. The molecule has 0 saturated carbocycles. The van der Waals surface area contributed by atoms with Gasteiger partial charge in [0.15, 0.2) is 18.1 Å². The van der Waals surface area contributed by atoms with Crippen molar-refractivity contribution in [1.82, 2.24) is 20.1 Å². The van der Waals surface area contributed by atoms with Gasteiger partial charge in [-0.2, -0.15) is 5.10 Å². The Kier molecular flexibility index (Phi) is 5.40. The highest BCUT2D eigenvalue weighted by atomic mass is 35.5. The number of methoxy groups -OCH3 is 1. The molecule has 0 aliphatic carbocycles. The fraction of sp³-hybridized carbons (Fsp3) is 0.438. The van der Waals surface area contributed by atoms with Crippen LogP contribution in [0.4, 0.5) is 0 Å². The number of fused-ring (bicyclic) bond motifs is 1. The SMILES string of the molecule is COc1cc(CNC2CCc3ncnn3C2)cc(Cl)c1OCC(N)=O. The first kappa shape index (κ1) is 17.5. The van der Waals surface area contributed by atoms with E-state index < -0.39 is 5.91 Å². The Balaban J connectivity index is 1.65. The normalized spacial score (nSPS) is 16.3. The van der Waals surface area contributed by atoms with E-state index in [0.29, 0.717) is 29.1 Å². The van der Waals surface area contributed by atoms with Gasteiger partial charge in [0.2, 0.25) is 0 Å². The van der Waals surface area contributed by atoms with Crippen LogP contribution >= 0.6 is 11.6 Å². The molecule has 1 aliphatic heterocycles. The topological polar surface area (TPSA) is 104 Å². The van der Waals surface area contributed by atoms with Gasteiger partial charge in [0.1, 0.15) is 12.2 Å². The monoisotopic (exact) mass is 365 g/mol. The molecule has 2 aromatic rings. The molecule has 3 N–H and O–H groups in total. The summed E-state index contributed by atoms with van der Waals surface area (Å²) < 4.78 is 12.6. The first-order chi connectivity index (χ1) is 12.1. The van der Waals surface area contributed by atoms with Crippen LogP contribution in [-0.4, -0.2) is 40.4 Å². The molecular weight excluding hydrogens is 346 g/mol. The predicted octanol–water partition coefficient (Wildman–Crippen LogP) is 0.909. The van der Waals surface area contributed by atoms with Crippen molar-refractivity contribution in [3.8, 4) is 11.5 Å². The number of rotatable bonds is 7. The summed E-state index contributed by atoms with van der Waals surface area (Å²) in [5.74, 6) is 1.23. The zero-order valence-corrected chi connectivity index (χ0v) is 14.6. The van der Waals surface area contributed by atoms with Gasteiger partial charge in [0, 0.05) is 19.0 Å². The lowest BCUT2D eigenvalue weighted by molar-refractivity contribution is -0.119. The number of aryl methyl sites for hydroxylation is 1. The molecule has 1 atom stereocenters. The van der Waals surface area contributed by atoms with Crippen molar-refractivity contribution in [1.29, 1.82) is 0 Å². The van der Waals surface area contributed by atoms with E-state index in [2.05, 4.69) is 15.4 Å². The molecule has 9 heteroatoms. The van der Waals surface area contributed by atoms with Crippen molar-refractivity contribution in [2.45, 2.75) is 32.0 Å². The Bertz CT molecular complexity index is 764. The minimum atomic E-state index is -0.575. The number of nitrogens with two attached hydrogens (primary N) is 1. The molecule has 1 aromatic carbocycles. The fourth-order valence-electron chi connectivity index (χ4n) is 2.83. The van der Waals surface area contributed by atoms with Gasteiger partial charge in [-0.15, -0.1) is 0 Å². The highest BCUT2D eigenvalue weighted by molar-refractivity contribution is 6.32. The fourth-order valence-corrected chi connectivity index (χ4v) is 3.11. The third-order valence-corrected chi connectivity index (χ3v) is 4.33. The zero-order valence-electron chi connectivity index (χ0n) is 13.9. The molecule has 1 amide bonds. The van der Waals surface area contributed by atoms with Crippen molar-refractivity contribution < 1.29 is 14.3 Å². The maximum absolute atomic E-state index is 10.9. The van der Waals surface area contributed by atoms with Crippen LogP contribution in [0.5, 0.6) is 11.5 Å². The van der Waals surface area contributed by atoms with E-state index >= 15 is 0 Å². The maximum atomic E-state index is 10.9. The Morgan fingerprint density at radius 1 is 1.52 bits per heavy atom. The molecular formula is C16H20ClN5O3. The third-order valence-electron chi connectivity index (χ3n) is 4.05. The highest BCUT2D eigenvalue weighted by Gasteiger charge is 2.20. The van der Waals surface area contributed by atoms with E-state index in [1.165, 1.54) is 7.11 Å². The van der Waals surface area contributed by atoms with Gasteiger partial charge in [0.25, 0.3) is 5.91 Å². The van der Waals surface area contributed by atoms with Gasteiger partial charge in [-0.05, 0) is 24.1 Å². The van der Waals surface area contributed by atoms with Crippen LogP contribution in [0.25, 0.3) is 0 Å². The Morgan fingerprint density at radius 2 is 2.36 bits per heavy atom. The molecule has 1 aromatic heterocycles. The molecule has 0 bridgehead atoms. The predicted molar refractivity (Wildman–Crippen MR) is 91.7 cm³/mol. The largest absolute Gasteiger partial charge is 0.493 e. The standard InChI is InChI=1S/C16H20ClN5O3/c1-24-13-5-10(4-12(17)16(13)25-8-14(18)23)6-19-11-2-3-15-20-9-21-22(15)7-11/h4-5,9,11,19H,2-3,6-8H2,1H3,(H2,18,23). The van der Waals surface area contributed by atoms with Crippen molar-refractivity contribution >= 4 is 17.5 Å². The number of halogens is 1. The summed E-state index contributed by atoms with van der Waals surface area (Å²) >= 11 is 6.26. The lowest BCUT2D eigenvalue weighted by Gasteiger charge is -2.24. The van der Waals surface area contributed by atoms with Crippen LogP contribution in [0.15, 0.2) is 18.5 Å². The molecule has 1 unspecified atom stereocenters. The highest BCUT2D eigenvalue weighted by Crippen LogP contribution is 2.36. The Labute approximate surface area is 150 Å². The molecule has 0 spiro atoms. The van der Waals surface area contributed by atoms with E-state index in [0.717, 1.165) is 30.8 Å². The number of benzene rings is 1. The van der Waals surface area contributed by atoms with E-state index in [9.17, 15) is 4.79 Å². The maximum Gasteiger partial charge on any atom is 0.255 e. The molecule has 1 aliphatic rings. The number of carbonyl (C=O) groups is 1. The first-order valence-corrected chi connectivity index (χ1v) is 8.32. The molecule has 3 rings (SSSR count). The van der Waals surface area contributed by atoms with E-state index in [-0.39, 0.29) is 6.61 Å². The van der Waals surface area contributed by atoms with Crippen LogP contribution in [0.2, 0.25) is 5.02 Å². The number of amides is 1. The minimum absolute atomic E-state index is 0.254. The quantitative estimate of drug-likeness (QED) is 0.755. The van der Waals surface area contributed by atoms with Gasteiger partial charge >= 0.3 is 0 Å². The second-order valence-corrected chi connectivity index (χ2v) is 6.25. The first-order valence-electron chi connectivity index (χ1n) is 7.94. The van der Waals surface area contributed by atoms with E-state index in [4.69, 9.17) is 26.8 Å². The number of nitrogens with one attached hydrogen (secondary N) is 1. The zero-order chi connectivity index (χ0) is 17.8. The lowest BCUT2D eigenvalue weighted by atomic mass is 10.1. The van der Waals surface area contributed by atoms with E-state index in [1.807, 2.05) is 10.7 Å². The Hall–Kier alpha value is -2.32. The summed E-state index contributed by atoms with van der Waals surface area (Å²) in [5, 5.41) is 8.09. The van der Waals surface area contributed by atoms with E-state index in [1.54, 1.807) is 12.4 Å². The van der Waals surface area contributed by atoms with Gasteiger partial charge in [-0.1, -0.05) is 11.6 Å². The van der Waals surface area contributed by atoms with Crippen LogP contribution in [0, 0.1) is 0 Å². The molecule has 134 valence electrons. The van der Waals surface area contributed by atoms with Crippen molar-refractivity contribution in [3.63, 3.8) is 0 Å². The second kappa shape index (κ2) is 7.71. The summed E-state index contributed by atoms with van der Waals surface area (Å²) in [6, 6.07) is 3.93. The summed E-state index contributed by atoms with van der Waals surface area (Å²) in [7, 11) is 1.52. The number of carbonyl (C=O) groups excluding carboxylic acids is 1. The molecule has 0 saturated heterocycles. The summed E-state index contributed by atoms with van der Waals surface area (Å²) in [4.78, 5) is 15.1. The van der Waals surface area contributed by atoms with Crippen LogP contribution in [0.1, 0.15) is 17.8 Å². The molecule has 2 heterocycles. The summed E-state index contributed by atoms with van der Waals surface area (Å²) in [5.41, 5.74) is 6.06. The number of ether oxygens (including phenoxy) is 2. The molecule has 0 radical (unpaired) electrons. The smallest absolute Gasteiger partial charge is 0.255 e. The van der Waals surface area contributed by atoms with Crippen molar-refractivity contribution in [2.75, 3.05) is 13.7 Å². The van der Waals surface area contributed by atoms with Crippen molar-refractivity contribution in [2.24, 2.45) is 5.73 Å². The van der Waals surface area contributed by atoms with Crippen molar-refractivity contribution in [3.05, 3.63) is 34.9 Å². The van der Waals surface area contributed by atoms with Gasteiger partial charge in [-0.25, -0.2) is 9.67 Å². The molecule has 8 nitrogen and oxygen atoms in total. The number of nitrogens with zero attached hydrogens (tertiary/aromatic N) is 3. The minimum Gasteiger partial charge on any atom is -0.493 e. The number of primary amides is 1. The Morgan fingerprint density at radius 3 is 3.12 bits per heavy atom. The van der Waals surface area contributed by atoms with Gasteiger partial charge < -0.3 is 20.5 Å². The average Bonchev–Trinajstić information content (AvgIpc) is 3.06. The van der Waals surface area contributed by atoms with Gasteiger partial charge in [-0.3, -0.25) is 4.79 Å². The van der Waals surface area contributed by atoms with Gasteiger partial charge in [0.05, 0.1) is 18.7 Å². The third kappa shape index (κ3) is 4.21. The van der Waals surface area contributed by atoms with Crippen LogP contribution < -0.4 is 20.5 Å². The number of hydrogen-bond acceptors (Lipinski definition) is 6. The lowest BCUT2D eigenvalue weighted by Crippen LogP contribution is -2.37. The second-order valence-electron chi connectivity index (χ2n) is 5.84. The summed E-state index contributed by atoms with van der Waals surface area (Å²) in [6.07, 6.45) is 3.50. The summed E-state index contributed by atoms with van der Waals surface area (Å²) in [6.45, 7) is 1.16. The van der Waals surface area contributed by atoms with Crippen LogP contribution in [0.3, 0.4) is 0 Å². The molecule has 25 heavy (non-hydrogen) atoms.